The normalized spacial score (nSPS) is 12.4. The van der Waals surface area contributed by atoms with E-state index < -0.39 is 0 Å². The van der Waals surface area contributed by atoms with E-state index in [9.17, 15) is 4.79 Å². The second-order valence-electron chi connectivity index (χ2n) is 8.77. The van der Waals surface area contributed by atoms with E-state index in [-0.39, 0.29) is 0 Å². The lowest BCUT2D eigenvalue weighted by Crippen LogP contribution is -2.05. The molecule has 1 heterocycles. The van der Waals surface area contributed by atoms with Crippen molar-refractivity contribution >= 4 is 6.29 Å². The van der Waals surface area contributed by atoms with Crippen LogP contribution in [0.1, 0.15) is 44.6 Å². The maximum absolute atomic E-state index is 12.0. The third-order valence-corrected chi connectivity index (χ3v) is 6.55. The van der Waals surface area contributed by atoms with Crippen LogP contribution in [0, 0.1) is 6.92 Å². The SMILES string of the molecule is Cc1c(COc2cc(OCc3cnn(C)c3)c(C=O)c3c2CCC3)cccc1-c1ccccc1. The molecule has 0 saturated heterocycles. The highest BCUT2D eigenvalue weighted by molar-refractivity contribution is 5.84. The van der Waals surface area contributed by atoms with E-state index in [0.717, 1.165) is 53.6 Å². The van der Waals surface area contributed by atoms with Gasteiger partial charge in [0, 0.05) is 24.9 Å². The Morgan fingerprint density at radius 1 is 0.971 bits per heavy atom. The predicted molar refractivity (Wildman–Crippen MR) is 132 cm³/mol. The number of hydrogen-bond acceptors (Lipinski definition) is 4. The van der Waals surface area contributed by atoms with Gasteiger partial charge in [0.1, 0.15) is 24.7 Å². The Bertz CT molecular complexity index is 1320. The first kappa shape index (κ1) is 22.0. The summed E-state index contributed by atoms with van der Waals surface area (Å²) in [5.74, 6) is 1.38. The second kappa shape index (κ2) is 9.56. The van der Waals surface area contributed by atoms with E-state index in [4.69, 9.17) is 9.47 Å². The zero-order valence-corrected chi connectivity index (χ0v) is 19.6. The molecule has 1 aliphatic carbocycles. The molecule has 0 spiro atoms. The average molecular weight is 453 g/mol. The summed E-state index contributed by atoms with van der Waals surface area (Å²) >= 11 is 0. The van der Waals surface area contributed by atoms with Gasteiger partial charge in [0.2, 0.25) is 0 Å². The van der Waals surface area contributed by atoms with Gasteiger partial charge in [-0.1, -0.05) is 48.5 Å². The Morgan fingerprint density at radius 2 is 1.76 bits per heavy atom. The van der Waals surface area contributed by atoms with Crippen LogP contribution < -0.4 is 9.47 Å². The van der Waals surface area contributed by atoms with Gasteiger partial charge in [0.15, 0.2) is 6.29 Å². The van der Waals surface area contributed by atoms with Crippen LogP contribution in [0.25, 0.3) is 11.1 Å². The molecule has 5 nitrogen and oxygen atoms in total. The van der Waals surface area contributed by atoms with Gasteiger partial charge in [-0.25, -0.2) is 0 Å². The maximum atomic E-state index is 12.0. The highest BCUT2D eigenvalue weighted by Gasteiger charge is 2.24. The fourth-order valence-corrected chi connectivity index (χ4v) is 4.76. The van der Waals surface area contributed by atoms with Crippen LogP contribution in [-0.2, 0) is 33.1 Å². The first-order valence-electron chi connectivity index (χ1n) is 11.6. The van der Waals surface area contributed by atoms with Crippen LogP contribution in [-0.4, -0.2) is 16.1 Å². The van der Waals surface area contributed by atoms with Crippen LogP contribution in [0.4, 0.5) is 0 Å². The number of benzene rings is 3. The molecule has 5 heteroatoms. The minimum absolute atomic E-state index is 0.352. The summed E-state index contributed by atoms with van der Waals surface area (Å²) in [5.41, 5.74) is 8.55. The number of aromatic nitrogens is 2. The number of rotatable bonds is 8. The van der Waals surface area contributed by atoms with Crippen LogP contribution in [0.2, 0.25) is 0 Å². The predicted octanol–water partition coefficient (Wildman–Crippen LogP) is 5.85. The Balaban J connectivity index is 1.42. The summed E-state index contributed by atoms with van der Waals surface area (Å²) in [4.78, 5) is 12.0. The zero-order chi connectivity index (χ0) is 23.5. The molecule has 4 aromatic rings. The summed E-state index contributed by atoms with van der Waals surface area (Å²) in [7, 11) is 1.87. The van der Waals surface area contributed by atoms with Crippen molar-refractivity contribution in [1.82, 2.24) is 9.78 Å². The van der Waals surface area contributed by atoms with Crippen molar-refractivity contribution in [3.8, 4) is 22.6 Å². The first-order chi connectivity index (χ1) is 16.6. The molecule has 0 bridgehead atoms. The average Bonchev–Trinajstić information content (AvgIpc) is 3.51. The van der Waals surface area contributed by atoms with Crippen molar-refractivity contribution in [2.24, 2.45) is 7.05 Å². The third-order valence-electron chi connectivity index (χ3n) is 6.55. The van der Waals surface area contributed by atoms with Crippen molar-refractivity contribution in [3.05, 3.63) is 100 Å². The van der Waals surface area contributed by atoms with Crippen LogP contribution in [0.15, 0.2) is 67.0 Å². The second-order valence-corrected chi connectivity index (χ2v) is 8.77. The van der Waals surface area contributed by atoms with Crippen LogP contribution in [0.5, 0.6) is 11.5 Å². The van der Waals surface area contributed by atoms with Crippen LogP contribution >= 0.6 is 0 Å². The highest BCUT2D eigenvalue weighted by atomic mass is 16.5. The van der Waals surface area contributed by atoms with Crippen LogP contribution in [0.3, 0.4) is 0 Å². The van der Waals surface area contributed by atoms with Gasteiger partial charge >= 0.3 is 0 Å². The minimum Gasteiger partial charge on any atom is -0.488 e. The Hall–Kier alpha value is -3.86. The molecule has 0 amide bonds. The molecule has 0 unspecified atom stereocenters. The van der Waals surface area contributed by atoms with E-state index in [1.54, 1.807) is 10.9 Å². The number of hydrogen-bond donors (Lipinski definition) is 0. The molecule has 172 valence electrons. The molecule has 0 radical (unpaired) electrons. The third kappa shape index (κ3) is 4.34. The summed E-state index contributed by atoms with van der Waals surface area (Å²) < 4.78 is 14.2. The minimum atomic E-state index is 0.352. The van der Waals surface area contributed by atoms with Gasteiger partial charge in [0.05, 0.1) is 11.8 Å². The smallest absolute Gasteiger partial charge is 0.154 e. The molecule has 0 N–H and O–H groups in total. The number of ether oxygens (including phenoxy) is 2. The molecule has 0 aliphatic heterocycles. The van der Waals surface area contributed by atoms with Gasteiger partial charge in [-0.05, 0) is 59.6 Å². The Morgan fingerprint density at radius 3 is 2.53 bits per heavy atom. The topological polar surface area (TPSA) is 53.4 Å². The zero-order valence-electron chi connectivity index (χ0n) is 19.6. The van der Waals surface area contributed by atoms with Crippen molar-refractivity contribution < 1.29 is 14.3 Å². The van der Waals surface area contributed by atoms with Crippen molar-refractivity contribution in [3.63, 3.8) is 0 Å². The number of fused-ring (bicyclic) bond motifs is 1. The van der Waals surface area contributed by atoms with E-state index in [1.807, 2.05) is 25.4 Å². The van der Waals surface area contributed by atoms with Gasteiger partial charge in [-0.15, -0.1) is 0 Å². The molecule has 0 atom stereocenters. The maximum Gasteiger partial charge on any atom is 0.154 e. The first-order valence-corrected chi connectivity index (χ1v) is 11.6. The summed E-state index contributed by atoms with van der Waals surface area (Å²) in [6.07, 6.45) is 7.40. The monoisotopic (exact) mass is 452 g/mol. The van der Waals surface area contributed by atoms with Gasteiger partial charge in [-0.3, -0.25) is 9.48 Å². The van der Waals surface area contributed by atoms with Crippen molar-refractivity contribution in [2.75, 3.05) is 0 Å². The molecular formula is C29H28N2O3. The summed E-state index contributed by atoms with van der Waals surface area (Å²) in [6.45, 7) is 2.95. The lowest BCUT2D eigenvalue weighted by atomic mass is 9.97. The van der Waals surface area contributed by atoms with Gasteiger partial charge < -0.3 is 9.47 Å². The van der Waals surface area contributed by atoms with E-state index in [0.29, 0.717) is 24.5 Å². The van der Waals surface area contributed by atoms with Crippen molar-refractivity contribution in [2.45, 2.75) is 39.4 Å². The van der Waals surface area contributed by atoms with Gasteiger partial charge in [0.25, 0.3) is 0 Å². The molecule has 0 fully saturated rings. The number of nitrogens with zero attached hydrogens (tertiary/aromatic N) is 2. The molecular weight excluding hydrogens is 424 g/mol. The fourth-order valence-electron chi connectivity index (χ4n) is 4.76. The number of aldehydes is 1. The van der Waals surface area contributed by atoms with E-state index in [2.05, 4.69) is 54.5 Å². The van der Waals surface area contributed by atoms with Crippen molar-refractivity contribution in [1.29, 1.82) is 0 Å². The molecule has 1 aromatic heterocycles. The lowest BCUT2D eigenvalue weighted by Gasteiger charge is -2.18. The molecule has 1 aliphatic rings. The molecule has 34 heavy (non-hydrogen) atoms. The number of carbonyl (C=O) groups is 1. The van der Waals surface area contributed by atoms with E-state index >= 15 is 0 Å². The fraction of sp³-hybridized carbons (Fsp3) is 0.241. The lowest BCUT2D eigenvalue weighted by molar-refractivity contribution is 0.111. The largest absolute Gasteiger partial charge is 0.488 e. The quantitative estimate of drug-likeness (QED) is 0.315. The Kier molecular flexibility index (Phi) is 6.17. The Labute approximate surface area is 200 Å². The van der Waals surface area contributed by atoms with Gasteiger partial charge in [-0.2, -0.15) is 5.10 Å². The molecule has 3 aromatic carbocycles. The molecule has 5 rings (SSSR count). The standard InChI is InChI=1S/C29H28N2O3/c1-20-23(10-6-11-24(20)22-8-4-3-5-9-22)19-34-28-14-29(33-18-21-15-30-31(2)16-21)27(17-32)25-12-7-13-26(25)28/h3-6,8-11,14-17H,7,12-13,18-19H2,1-2H3. The van der Waals surface area contributed by atoms with E-state index in [1.165, 1.54) is 16.7 Å². The number of aryl methyl sites for hydroxylation is 1. The summed E-state index contributed by atoms with van der Waals surface area (Å²) in [6, 6.07) is 18.6. The highest BCUT2D eigenvalue weighted by Crippen LogP contribution is 2.39. The summed E-state index contributed by atoms with van der Waals surface area (Å²) in [5, 5.41) is 4.19. The number of carbonyl (C=O) groups excluding carboxylic acids is 1. The molecule has 0 saturated carbocycles.